The van der Waals surface area contributed by atoms with Crippen LogP contribution in [0.4, 0.5) is 0 Å². The van der Waals surface area contributed by atoms with E-state index in [0.29, 0.717) is 22.9 Å². The lowest BCUT2D eigenvalue weighted by Crippen LogP contribution is -2.40. The SMILES string of the molecule is CCCCC1=C(CC(C)C)C(S(=O)(=O)C2C=CC(Br)(c3ccccc3Cl)C(CCCC)=C2CC(C)C)C=CC1(Br)c1ccccc1Cl. The van der Waals surface area contributed by atoms with Crippen molar-refractivity contribution in [2.45, 2.75) is 112 Å². The van der Waals surface area contributed by atoms with Crippen molar-refractivity contribution in [3.8, 4) is 0 Å². The van der Waals surface area contributed by atoms with E-state index in [2.05, 4.69) is 85.6 Å². The van der Waals surface area contributed by atoms with Gasteiger partial charge in [0.15, 0.2) is 9.84 Å². The van der Waals surface area contributed by atoms with Crippen molar-refractivity contribution < 1.29 is 8.42 Å². The number of halogens is 4. The van der Waals surface area contributed by atoms with E-state index in [-0.39, 0.29) is 11.8 Å². The van der Waals surface area contributed by atoms with Gasteiger partial charge in [-0.25, -0.2) is 8.42 Å². The lowest BCUT2D eigenvalue weighted by atomic mass is 9.78. The van der Waals surface area contributed by atoms with Crippen LogP contribution in [-0.4, -0.2) is 18.9 Å². The zero-order valence-corrected chi connectivity index (χ0v) is 34.1. The first kappa shape index (κ1) is 38.7. The Bertz CT molecular complexity index is 1540. The molecule has 2 aromatic rings. The number of rotatable bonds is 14. The van der Waals surface area contributed by atoms with Crippen molar-refractivity contribution in [3.63, 3.8) is 0 Å². The minimum atomic E-state index is -3.77. The lowest BCUT2D eigenvalue weighted by Gasteiger charge is -2.41. The molecule has 4 unspecified atom stereocenters. The van der Waals surface area contributed by atoms with Gasteiger partial charge in [0.1, 0.15) is 10.5 Å². The summed E-state index contributed by atoms with van der Waals surface area (Å²) < 4.78 is 29.3. The number of hydrogen-bond acceptors (Lipinski definition) is 2. The van der Waals surface area contributed by atoms with Gasteiger partial charge < -0.3 is 0 Å². The van der Waals surface area contributed by atoms with Gasteiger partial charge in [-0.05, 0) is 95.9 Å². The topological polar surface area (TPSA) is 34.1 Å². The Morgan fingerprint density at radius 1 is 0.681 bits per heavy atom. The summed E-state index contributed by atoms with van der Waals surface area (Å²) >= 11 is 21.9. The van der Waals surface area contributed by atoms with E-state index in [1.807, 2.05) is 60.7 Å². The zero-order valence-electron chi connectivity index (χ0n) is 28.6. The molecule has 0 bridgehead atoms. The highest BCUT2D eigenvalue weighted by atomic mass is 79.9. The molecule has 47 heavy (non-hydrogen) atoms. The monoisotopic (exact) mass is 822 g/mol. The van der Waals surface area contributed by atoms with Gasteiger partial charge in [0.25, 0.3) is 0 Å². The van der Waals surface area contributed by atoms with Crippen LogP contribution in [-0.2, 0) is 18.5 Å². The normalized spacial score (nSPS) is 25.0. The number of benzene rings is 2. The van der Waals surface area contributed by atoms with Crippen LogP contribution in [0.3, 0.4) is 0 Å². The quantitative estimate of drug-likeness (QED) is 0.140. The Labute approximate surface area is 311 Å². The number of sulfone groups is 1. The van der Waals surface area contributed by atoms with E-state index in [0.717, 1.165) is 71.9 Å². The second kappa shape index (κ2) is 16.3. The van der Waals surface area contributed by atoms with Crippen LogP contribution >= 0.6 is 55.1 Å². The molecule has 0 aromatic heterocycles. The van der Waals surface area contributed by atoms with Crippen molar-refractivity contribution in [2.75, 3.05) is 0 Å². The molecule has 0 aliphatic heterocycles. The summed E-state index contributed by atoms with van der Waals surface area (Å²) in [6, 6.07) is 15.8. The number of unbranched alkanes of at least 4 members (excludes halogenated alkanes) is 2. The molecule has 2 nitrogen and oxygen atoms in total. The van der Waals surface area contributed by atoms with Gasteiger partial charge in [0, 0.05) is 10.0 Å². The molecule has 4 rings (SSSR count). The fourth-order valence-corrected chi connectivity index (χ4v) is 12.1. The minimum Gasteiger partial charge on any atom is -0.227 e. The molecule has 2 aliphatic carbocycles. The van der Waals surface area contributed by atoms with Gasteiger partial charge in [-0.1, -0.05) is 170 Å². The van der Waals surface area contributed by atoms with Gasteiger partial charge in [-0.2, -0.15) is 0 Å². The summed E-state index contributed by atoms with van der Waals surface area (Å²) in [6.45, 7) is 13.1. The van der Waals surface area contributed by atoms with Gasteiger partial charge in [0.2, 0.25) is 0 Å². The number of alkyl halides is 2. The molecule has 0 saturated heterocycles. The fourth-order valence-electron chi connectivity index (χ4n) is 7.23. The van der Waals surface area contributed by atoms with Crippen LogP contribution < -0.4 is 0 Å². The van der Waals surface area contributed by atoms with E-state index in [4.69, 9.17) is 23.2 Å². The average Bonchev–Trinajstić information content (AvgIpc) is 3.00. The maximum Gasteiger partial charge on any atom is 0.170 e. The summed E-state index contributed by atoms with van der Waals surface area (Å²) in [6.07, 6.45) is 14.9. The Balaban J connectivity index is 1.96. The highest BCUT2D eigenvalue weighted by Crippen LogP contribution is 2.54. The van der Waals surface area contributed by atoms with Gasteiger partial charge >= 0.3 is 0 Å². The maximum absolute atomic E-state index is 15.3. The molecule has 2 aromatic carbocycles. The Hall–Kier alpha value is -1.11. The van der Waals surface area contributed by atoms with Crippen molar-refractivity contribution in [1.82, 2.24) is 0 Å². The summed E-state index contributed by atoms with van der Waals surface area (Å²) in [5.41, 5.74) is 6.16. The van der Waals surface area contributed by atoms with Crippen molar-refractivity contribution in [1.29, 1.82) is 0 Å². The Morgan fingerprint density at radius 3 is 1.36 bits per heavy atom. The summed E-state index contributed by atoms with van der Waals surface area (Å²) in [7, 11) is -3.77. The van der Waals surface area contributed by atoms with Gasteiger partial charge in [-0.3, -0.25) is 0 Å². The molecule has 0 radical (unpaired) electrons. The zero-order chi connectivity index (χ0) is 34.6. The van der Waals surface area contributed by atoms with Crippen molar-refractivity contribution in [2.24, 2.45) is 11.8 Å². The largest absolute Gasteiger partial charge is 0.227 e. The molecule has 0 heterocycles. The second-order valence-corrected chi connectivity index (χ2v) is 19.5. The molecule has 256 valence electrons. The van der Waals surface area contributed by atoms with E-state index in [1.165, 1.54) is 0 Å². The minimum absolute atomic E-state index is 0.275. The Kier molecular flexibility index (Phi) is 13.4. The standard InChI is InChI=1S/C40H50Br2Cl2O2S/c1-7-9-15-31-29(25-27(3)4)37(21-23-39(31,41)33-17-11-13-19-35(33)43)47(45,46)38-22-24-40(42,34-18-12-14-20-36(34)44)32(16-10-8-2)30(38)26-28(5)6/h11-14,17-24,27-28,37-38H,7-10,15-16,25-26H2,1-6H3. The lowest BCUT2D eigenvalue weighted by molar-refractivity contribution is 0.561. The highest BCUT2D eigenvalue weighted by Gasteiger charge is 2.47. The van der Waals surface area contributed by atoms with Crippen LogP contribution in [0.2, 0.25) is 10.0 Å². The van der Waals surface area contributed by atoms with Crippen LogP contribution in [0.25, 0.3) is 0 Å². The molecular formula is C40H50Br2Cl2O2S. The van der Waals surface area contributed by atoms with Gasteiger partial charge in [-0.15, -0.1) is 0 Å². The van der Waals surface area contributed by atoms with Crippen molar-refractivity contribution in [3.05, 3.63) is 116 Å². The van der Waals surface area contributed by atoms with E-state index in [9.17, 15) is 0 Å². The van der Waals surface area contributed by atoms with Gasteiger partial charge in [0.05, 0.1) is 8.65 Å². The van der Waals surface area contributed by atoms with Crippen LogP contribution in [0.15, 0.2) is 95.1 Å². The maximum atomic E-state index is 15.3. The molecule has 0 fully saturated rings. The average molecular weight is 826 g/mol. The third-order valence-corrected chi connectivity index (χ3v) is 14.7. The molecule has 0 spiro atoms. The highest BCUT2D eigenvalue weighted by molar-refractivity contribution is 9.10. The number of allylic oxidation sites excluding steroid dienone is 4. The van der Waals surface area contributed by atoms with Crippen LogP contribution in [0.5, 0.6) is 0 Å². The Morgan fingerprint density at radius 2 is 1.04 bits per heavy atom. The van der Waals surface area contributed by atoms with Crippen molar-refractivity contribution >= 4 is 64.9 Å². The first-order valence-corrected chi connectivity index (χ1v) is 21.1. The van der Waals surface area contributed by atoms with E-state index in [1.54, 1.807) is 0 Å². The number of hydrogen-bond donors (Lipinski definition) is 0. The molecular weight excluding hydrogens is 775 g/mol. The van der Waals surface area contributed by atoms with E-state index < -0.39 is 29.0 Å². The predicted octanol–water partition coefficient (Wildman–Crippen LogP) is 13.2. The second-order valence-electron chi connectivity index (χ2n) is 13.9. The third kappa shape index (κ3) is 8.11. The molecule has 0 amide bonds. The fraction of sp³-hybridized carbons (Fsp3) is 0.500. The summed E-state index contributed by atoms with van der Waals surface area (Å²) in [5, 5.41) is -0.145. The first-order valence-electron chi connectivity index (χ1n) is 17.2. The molecule has 0 N–H and O–H groups in total. The molecule has 0 saturated carbocycles. The van der Waals surface area contributed by atoms with Crippen LogP contribution in [0.1, 0.15) is 104 Å². The first-order chi connectivity index (χ1) is 22.2. The molecule has 7 heteroatoms. The predicted molar refractivity (Wildman–Crippen MR) is 211 cm³/mol. The summed E-state index contributed by atoms with van der Waals surface area (Å²) in [4.78, 5) is 0. The summed E-state index contributed by atoms with van der Waals surface area (Å²) in [5.74, 6) is 0.550. The smallest absolute Gasteiger partial charge is 0.170 e. The van der Waals surface area contributed by atoms with E-state index >= 15 is 8.42 Å². The third-order valence-electron chi connectivity index (χ3n) is 9.40. The van der Waals surface area contributed by atoms with Crippen LogP contribution in [0, 0.1) is 11.8 Å². The molecule has 2 aliphatic rings. The molecule has 4 atom stereocenters.